The summed E-state index contributed by atoms with van der Waals surface area (Å²) < 4.78 is 17.8. The van der Waals surface area contributed by atoms with Gasteiger partial charge in [-0.15, -0.1) is 0 Å². The van der Waals surface area contributed by atoms with E-state index in [2.05, 4.69) is 70.1 Å². The van der Waals surface area contributed by atoms with Crippen molar-refractivity contribution in [3.05, 3.63) is 161 Å². The molecule has 21 nitrogen and oxygen atoms in total. The van der Waals surface area contributed by atoms with Gasteiger partial charge in [0.2, 0.25) is 17.7 Å². The number of halogens is 1. The first-order chi connectivity index (χ1) is 42.9. The summed E-state index contributed by atoms with van der Waals surface area (Å²) in [4.78, 5) is 107. The van der Waals surface area contributed by atoms with E-state index in [9.17, 15) is 28.8 Å². The van der Waals surface area contributed by atoms with Gasteiger partial charge in [0, 0.05) is 94.7 Å². The Labute approximate surface area is 523 Å². The number of benzene rings is 4. The largest absolute Gasteiger partial charge is 0.448 e. The topological polar surface area (TPSA) is 246 Å². The van der Waals surface area contributed by atoms with E-state index in [0.717, 1.165) is 62.1 Å². The Morgan fingerprint density at radius 2 is 1.54 bits per heavy atom. The van der Waals surface area contributed by atoms with Gasteiger partial charge in [-0.3, -0.25) is 29.0 Å². The number of piperidine rings is 1. The summed E-state index contributed by atoms with van der Waals surface area (Å²) in [5.74, 6) is -0.908. The van der Waals surface area contributed by atoms with Gasteiger partial charge in [-0.05, 0) is 110 Å². The van der Waals surface area contributed by atoms with Crippen molar-refractivity contribution in [2.45, 2.75) is 83.4 Å². The Morgan fingerprint density at radius 3 is 2.24 bits per heavy atom. The Balaban J connectivity index is 0.764. The first kappa shape index (κ1) is 63.1. The van der Waals surface area contributed by atoms with Crippen molar-refractivity contribution in [1.82, 2.24) is 50.6 Å². The fourth-order valence-electron chi connectivity index (χ4n) is 11.8. The number of piperazine rings is 1. The van der Waals surface area contributed by atoms with E-state index in [-0.39, 0.29) is 87.3 Å². The van der Waals surface area contributed by atoms with Crippen LogP contribution < -0.4 is 26.2 Å². The number of carbonyl (C=O) groups is 6. The zero-order chi connectivity index (χ0) is 62.7. The number of aromatic amines is 1. The van der Waals surface area contributed by atoms with Gasteiger partial charge in [0.15, 0.2) is 5.69 Å². The summed E-state index contributed by atoms with van der Waals surface area (Å²) in [7, 11) is 0. The molecule has 1 aliphatic carbocycles. The number of rotatable bonds is 22. The average Bonchev–Trinajstić information content (AvgIpc) is 1.84. The maximum atomic E-state index is 14.9. The number of pyridine rings is 1. The third-order valence-corrected chi connectivity index (χ3v) is 16.8. The van der Waals surface area contributed by atoms with Crippen molar-refractivity contribution in [2.24, 2.45) is 0 Å². The second-order valence-electron chi connectivity index (χ2n) is 23.7. The van der Waals surface area contributed by atoms with E-state index in [1.54, 1.807) is 50.1 Å². The Kier molecular flexibility index (Phi) is 20.2. The number of amides is 6. The van der Waals surface area contributed by atoms with Gasteiger partial charge < -0.3 is 50.3 Å². The van der Waals surface area contributed by atoms with E-state index in [4.69, 9.17) is 25.8 Å². The molecule has 0 spiro atoms. The summed E-state index contributed by atoms with van der Waals surface area (Å²) in [6, 6.07) is 34.7. The molecule has 10 rings (SSSR count). The molecule has 2 saturated heterocycles. The quantitative estimate of drug-likeness (QED) is 0.0398. The molecule has 1 atom stereocenters. The first-order valence-electron chi connectivity index (χ1n) is 30.4. The van der Waals surface area contributed by atoms with Crippen LogP contribution in [-0.4, -0.2) is 167 Å². The number of hydrogen-bond acceptors (Lipinski definition) is 14. The van der Waals surface area contributed by atoms with Crippen molar-refractivity contribution >= 4 is 70.0 Å². The van der Waals surface area contributed by atoms with Crippen molar-refractivity contribution in [1.29, 1.82) is 0 Å². The summed E-state index contributed by atoms with van der Waals surface area (Å²) in [6.07, 6.45) is 5.47. The van der Waals surface area contributed by atoms with Gasteiger partial charge in [0.05, 0.1) is 30.3 Å². The predicted molar refractivity (Wildman–Crippen MR) is 341 cm³/mol. The average molecular weight is 1230 g/mol. The standard InChI is InChI=1S/C67H77ClN12O9/c1-6-45-12-11-13-47(38-45)48-39-57(74-44(2)81)59(71-40-48)62(83)70-27-36-87-37-35-80(65(86)88-42-55-52-16-9-7-14-50(52)51-15-8-10-17-53(51)55)41-58(82)78-33-31-77(32-34-78)28-23-56(46-18-20-49(68)21-19-46)75-63(84)67(76-64(85)89-66(3,4)5)24-29-79(30-25-67)61-54-22-26-69-60(54)72-43-73-61/h7-22,26,38-40,43,55-56H,6,23-25,27-37,41-42H2,1-5H3,(H,70,83)(H,74,81)(H,75,84)(H,76,85)(H,69,72,73)/t56-/m0/s1. The van der Waals surface area contributed by atoms with Crippen LogP contribution in [0.3, 0.4) is 0 Å². The van der Waals surface area contributed by atoms with Crippen LogP contribution >= 0.6 is 11.6 Å². The normalized spacial score (nSPS) is 15.1. The summed E-state index contributed by atoms with van der Waals surface area (Å²) >= 11 is 6.38. The van der Waals surface area contributed by atoms with Gasteiger partial charge in [-0.2, -0.15) is 0 Å². The molecule has 0 bridgehead atoms. The number of anilines is 2. The number of aryl methyl sites for hydroxylation is 1. The van der Waals surface area contributed by atoms with Gasteiger partial charge in [0.25, 0.3) is 5.91 Å². The number of nitrogens with zero attached hydrogens (tertiary/aromatic N) is 7. The van der Waals surface area contributed by atoms with Gasteiger partial charge in [-0.1, -0.05) is 103 Å². The summed E-state index contributed by atoms with van der Waals surface area (Å²) in [5.41, 5.74) is 6.84. The number of aromatic nitrogens is 4. The number of alkyl carbamates (subject to hydrolysis) is 1. The minimum Gasteiger partial charge on any atom is -0.448 e. The SMILES string of the molecule is CCc1cccc(-c2cnc(C(=O)NCCOCCN(CC(=O)N3CCN(CC[C@H](NC(=O)C4(NC(=O)OC(C)(C)C)CCN(c5ncnc6[nH]ccc56)CC4)c4ccc(Cl)cc4)CC3)C(=O)OCC3c4ccccc4-c4ccccc43)c(NC(C)=O)c2)c1. The molecule has 3 aliphatic rings. The van der Waals surface area contributed by atoms with E-state index in [0.29, 0.717) is 62.9 Å². The Morgan fingerprint density at radius 1 is 0.820 bits per heavy atom. The summed E-state index contributed by atoms with van der Waals surface area (Å²) in [5, 5.41) is 13.3. The second kappa shape index (κ2) is 28.5. The van der Waals surface area contributed by atoms with Crippen LogP contribution in [0.4, 0.5) is 21.1 Å². The molecular weight excluding hydrogens is 1150 g/mol. The van der Waals surface area contributed by atoms with Crippen LogP contribution in [-0.2, 0) is 35.0 Å². The van der Waals surface area contributed by atoms with E-state index in [1.807, 2.05) is 85.1 Å². The number of H-pyrrole nitrogens is 1. The van der Waals surface area contributed by atoms with Crippen LogP contribution in [0, 0.1) is 0 Å². The third kappa shape index (κ3) is 15.7. The number of carbonyl (C=O) groups excluding carboxylic acids is 6. The fourth-order valence-corrected chi connectivity index (χ4v) is 11.9. The molecule has 0 radical (unpaired) electrons. The smallest absolute Gasteiger partial charge is 0.410 e. The van der Waals surface area contributed by atoms with Gasteiger partial charge in [0.1, 0.15) is 42.1 Å². The lowest BCUT2D eigenvalue weighted by molar-refractivity contribution is -0.134. The lowest BCUT2D eigenvalue weighted by Crippen LogP contribution is -2.64. The maximum absolute atomic E-state index is 14.9. The van der Waals surface area contributed by atoms with Crippen LogP contribution in [0.15, 0.2) is 128 Å². The molecule has 466 valence electrons. The molecule has 4 aromatic carbocycles. The zero-order valence-electron chi connectivity index (χ0n) is 51.0. The number of hydrogen-bond donors (Lipinski definition) is 5. The molecule has 89 heavy (non-hydrogen) atoms. The third-order valence-electron chi connectivity index (χ3n) is 16.5. The first-order valence-corrected chi connectivity index (χ1v) is 30.8. The highest BCUT2D eigenvalue weighted by atomic mass is 35.5. The molecule has 2 aliphatic heterocycles. The van der Waals surface area contributed by atoms with Crippen LogP contribution in [0.2, 0.25) is 5.02 Å². The molecule has 22 heteroatoms. The van der Waals surface area contributed by atoms with Crippen LogP contribution in [0.25, 0.3) is 33.3 Å². The van der Waals surface area contributed by atoms with Crippen LogP contribution in [0.5, 0.6) is 0 Å². The highest BCUT2D eigenvalue weighted by molar-refractivity contribution is 6.30. The molecule has 0 saturated carbocycles. The Bertz CT molecular complexity index is 3620. The van der Waals surface area contributed by atoms with Crippen molar-refractivity contribution < 1.29 is 43.0 Å². The molecule has 5 heterocycles. The van der Waals surface area contributed by atoms with Gasteiger partial charge >= 0.3 is 12.2 Å². The number of fused-ring (bicyclic) bond motifs is 4. The Hall–Kier alpha value is -8.92. The molecule has 3 aromatic heterocycles. The van der Waals surface area contributed by atoms with E-state index in [1.165, 1.54) is 18.2 Å². The molecule has 0 unspecified atom stereocenters. The highest BCUT2D eigenvalue weighted by Crippen LogP contribution is 2.44. The maximum Gasteiger partial charge on any atom is 0.410 e. The molecular formula is C67H77ClN12O9. The van der Waals surface area contributed by atoms with E-state index < -0.39 is 35.3 Å². The van der Waals surface area contributed by atoms with Crippen molar-refractivity contribution in [3.8, 4) is 22.3 Å². The predicted octanol–water partition coefficient (Wildman–Crippen LogP) is 9.15. The van der Waals surface area contributed by atoms with Gasteiger partial charge in [-0.25, -0.2) is 24.5 Å². The molecule has 7 aromatic rings. The number of nitrogens with one attached hydrogen (secondary N) is 5. The minimum absolute atomic E-state index is 0.0227. The van der Waals surface area contributed by atoms with Crippen LogP contribution in [0.1, 0.15) is 98.6 Å². The summed E-state index contributed by atoms with van der Waals surface area (Å²) in [6.45, 7) is 12.0. The van der Waals surface area contributed by atoms with Crippen molar-refractivity contribution in [3.63, 3.8) is 0 Å². The number of ether oxygens (including phenoxy) is 3. The van der Waals surface area contributed by atoms with E-state index >= 15 is 0 Å². The fraction of sp³-hybridized carbons (Fsp3) is 0.388. The highest BCUT2D eigenvalue weighted by Gasteiger charge is 2.45. The van der Waals surface area contributed by atoms with Crippen molar-refractivity contribution in [2.75, 3.05) is 95.5 Å². The lowest BCUT2D eigenvalue weighted by Gasteiger charge is -2.42. The molecule has 6 amide bonds. The zero-order valence-corrected chi connectivity index (χ0v) is 51.7. The second-order valence-corrected chi connectivity index (χ2v) is 24.1. The minimum atomic E-state index is -1.31. The monoisotopic (exact) mass is 1230 g/mol. The molecule has 5 N–H and O–H groups in total. The molecule has 2 fully saturated rings. The lowest BCUT2D eigenvalue weighted by atomic mass is 9.85.